The number of aliphatic hydroxyl groups excluding tert-OH is 1. The van der Waals surface area contributed by atoms with Crippen LogP contribution in [0.25, 0.3) is 0 Å². The van der Waals surface area contributed by atoms with Crippen molar-refractivity contribution in [2.24, 2.45) is 0 Å². The van der Waals surface area contributed by atoms with Crippen molar-refractivity contribution in [1.29, 1.82) is 0 Å². The molecule has 3 nitrogen and oxygen atoms in total. The molecule has 110 valence electrons. The summed E-state index contributed by atoms with van der Waals surface area (Å²) in [6.45, 7) is 7.22. The minimum Gasteiger partial charge on any atom is -0.394 e. The Labute approximate surface area is 107 Å². The van der Waals surface area contributed by atoms with E-state index in [4.69, 9.17) is 0 Å². The minimum absolute atomic E-state index is 0.0845. The van der Waals surface area contributed by atoms with E-state index in [1.807, 2.05) is 13.8 Å². The van der Waals surface area contributed by atoms with Crippen LogP contribution in [0, 0.1) is 0 Å². The Morgan fingerprint density at radius 2 is 1.83 bits per heavy atom. The molecule has 0 aliphatic carbocycles. The van der Waals surface area contributed by atoms with Crippen LogP contribution in [0.1, 0.15) is 34.1 Å². The molecule has 6 heteroatoms. The summed E-state index contributed by atoms with van der Waals surface area (Å²) in [5, 5.41) is 12.4. The molecule has 1 unspecified atom stereocenters. The van der Waals surface area contributed by atoms with Crippen LogP contribution in [0.2, 0.25) is 0 Å². The molecule has 0 radical (unpaired) electrons. The monoisotopic (exact) mass is 270 g/mol. The highest BCUT2D eigenvalue weighted by atomic mass is 19.4. The van der Waals surface area contributed by atoms with Crippen LogP contribution in [0.5, 0.6) is 0 Å². The van der Waals surface area contributed by atoms with Gasteiger partial charge in [0.15, 0.2) is 0 Å². The van der Waals surface area contributed by atoms with E-state index >= 15 is 0 Å². The van der Waals surface area contributed by atoms with Gasteiger partial charge in [-0.25, -0.2) is 0 Å². The third kappa shape index (κ3) is 7.18. The molecule has 0 fully saturated rings. The van der Waals surface area contributed by atoms with E-state index in [1.54, 1.807) is 13.8 Å². The standard InChI is InChI=1S/C12H25F3N2O/c1-5-16-11(4,9-18)6-7-17(10(2)3)8-12(13,14)15/h10,16,18H,5-9H2,1-4H3. The van der Waals surface area contributed by atoms with Gasteiger partial charge < -0.3 is 10.4 Å². The summed E-state index contributed by atoms with van der Waals surface area (Å²) in [7, 11) is 0. The molecule has 0 rings (SSSR count). The zero-order valence-electron chi connectivity index (χ0n) is 11.6. The van der Waals surface area contributed by atoms with Crippen LogP contribution in [0.4, 0.5) is 13.2 Å². The quantitative estimate of drug-likeness (QED) is 0.708. The third-order valence-corrected chi connectivity index (χ3v) is 3.02. The molecule has 0 heterocycles. The number of alkyl halides is 3. The van der Waals surface area contributed by atoms with Crippen molar-refractivity contribution in [2.75, 3.05) is 26.2 Å². The van der Waals surface area contributed by atoms with Gasteiger partial charge in [-0.2, -0.15) is 13.2 Å². The lowest BCUT2D eigenvalue weighted by Gasteiger charge is -2.33. The van der Waals surface area contributed by atoms with Crippen LogP contribution in [-0.4, -0.2) is 54.0 Å². The Balaban J connectivity index is 4.42. The number of halogens is 3. The molecular formula is C12H25F3N2O. The van der Waals surface area contributed by atoms with Crippen molar-refractivity contribution < 1.29 is 18.3 Å². The lowest BCUT2D eigenvalue weighted by Crippen LogP contribution is -2.49. The van der Waals surface area contributed by atoms with Crippen molar-refractivity contribution in [2.45, 2.75) is 51.9 Å². The van der Waals surface area contributed by atoms with Crippen molar-refractivity contribution in [3.05, 3.63) is 0 Å². The molecule has 0 aliphatic heterocycles. The number of rotatable bonds is 8. The number of likely N-dealkylation sites (N-methyl/N-ethyl adjacent to an activating group) is 1. The largest absolute Gasteiger partial charge is 0.401 e. The van der Waals surface area contributed by atoms with E-state index in [9.17, 15) is 18.3 Å². The second-order valence-corrected chi connectivity index (χ2v) is 5.18. The first-order valence-electron chi connectivity index (χ1n) is 6.30. The Kier molecular flexibility index (Phi) is 7.17. The van der Waals surface area contributed by atoms with Crippen molar-refractivity contribution in [3.63, 3.8) is 0 Å². The van der Waals surface area contributed by atoms with E-state index in [2.05, 4.69) is 5.32 Å². The maximum absolute atomic E-state index is 12.4. The Bertz CT molecular complexity index is 234. The highest BCUT2D eigenvalue weighted by Crippen LogP contribution is 2.19. The van der Waals surface area contributed by atoms with Gasteiger partial charge in [0.25, 0.3) is 0 Å². The van der Waals surface area contributed by atoms with Crippen molar-refractivity contribution >= 4 is 0 Å². The summed E-state index contributed by atoms with van der Waals surface area (Å²) in [6.07, 6.45) is -3.70. The molecule has 2 N–H and O–H groups in total. The number of nitrogens with zero attached hydrogens (tertiary/aromatic N) is 1. The third-order valence-electron chi connectivity index (χ3n) is 3.02. The van der Waals surface area contributed by atoms with Gasteiger partial charge in [-0.3, -0.25) is 4.90 Å². The van der Waals surface area contributed by atoms with Gasteiger partial charge in [-0.05, 0) is 33.7 Å². The fourth-order valence-corrected chi connectivity index (χ4v) is 1.79. The molecule has 0 amide bonds. The first-order valence-corrected chi connectivity index (χ1v) is 6.30. The summed E-state index contributed by atoms with van der Waals surface area (Å²) in [5.41, 5.74) is -0.520. The smallest absolute Gasteiger partial charge is 0.394 e. The first-order chi connectivity index (χ1) is 8.13. The number of nitrogens with one attached hydrogen (secondary N) is 1. The number of hydrogen-bond acceptors (Lipinski definition) is 3. The predicted molar refractivity (Wildman–Crippen MR) is 66.5 cm³/mol. The molecule has 0 spiro atoms. The topological polar surface area (TPSA) is 35.5 Å². The highest BCUT2D eigenvalue weighted by Gasteiger charge is 2.33. The van der Waals surface area contributed by atoms with Crippen LogP contribution < -0.4 is 5.32 Å². The van der Waals surface area contributed by atoms with Gasteiger partial charge in [0.2, 0.25) is 0 Å². The molecule has 0 bridgehead atoms. The maximum atomic E-state index is 12.4. The molecule has 0 aliphatic rings. The van der Waals surface area contributed by atoms with Gasteiger partial charge in [-0.15, -0.1) is 0 Å². The summed E-state index contributed by atoms with van der Waals surface area (Å²) in [4.78, 5) is 1.38. The average molecular weight is 270 g/mol. The zero-order valence-corrected chi connectivity index (χ0v) is 11.6. The molecule has 0 aromatic rings. The second kappa shape index (κ2) is 7.31. The summed E-state index contributed by atoms with van der Waals surface area (Å²) < 4.78 is 37.2. The fraction of sp³-hybridized carbons (Fsp3) is 1.00. The van der Waals surface area contributed by atoms with E-state index in [0.29, 0.717) is 19.5 Å². The SMILES string of the molecule is CCNC(C)(CO)CCN(CC(F)(F)F)C(C)C. The lowest BCUT2D eigenvalue weighted by molar-refractivity contribution is -0.150. The van der Waals surface area contributed by atoms with Gasteiger partial charge in [-0.1, -0.05) is 6.92 Å². The van der Waals surface area contributed by atoms with Crippen molar-refractivity contribution in [3.8, 4) is 0 Å². The molecule has 18 heavy (non-hydrogen) atoms. The summed E-state index contributed by atoms with van der Waals surface area (Å²) >= 11 is 0. The molecule has 0 saturated carbocycles. The Morgan fingerprint density at radius 1 is 1.28 bits per heavy atom. The van der Waals surface area contributed by atoms with Crippen molar-refractivity contribution in [1.82, 2.24) is 10.2 Å². The minimum atomic E-state index is -4.18. The van der Waals surface area contributed by atoms with E-state index < -0.39 is 18.3 Å². The zero-order chi connectivity index (χ0) is 14.4. The molecule has 0 aromatic heterocycles. The summed E-state index contributed by atoms with van der Waals surface area (Å²) in [6, 6.07) is -0.170. The number of aliphatic hydroxyl groups is 1. The molecule has 0 aromatic carbocycles. The molecule has 0 saturated heterocycles. The van der Waals surface area contributed by atoms with Crippen LogP contribution >= 0.6 is 0 Å². The van der Waals surface area contributed by atoms with Crippen LogP contribution in [0.15, 0.2) is 0 Å². The lowest BCUT2D eigenvalue weighted by atomic mass is 9.98. The normalized spacial score (nSPS) is 16.3. The molecule has 1 atom stereocenters. The average Bonchev–Trinajstić information content (AvgIpc) is 2.23. The van der Waals surface area contributed by atoms with Gasteiger partial charge in [0, 0.05) is 18.1 Å². The Hall–Kier alpha value is -0.330. The second-order valence-electron chi connectivity index (χ2n) is 5.18. The van der Waals surface area contributed by atoms with Crippen LogP contribution in [0.3, 0.4) is 0 Å². The van der Waals surface area contributed by atoms with Gasteiger partial charge in [0.1, 0.15) is 0 Å². The Morgan fingerprint density at radius 3 is 2.17 bits per heavy atom. The van der Waals surface area contributed by atoms with E-state index in [1.165, 1.54) is 4.90 Å². The number of hydrogen-bond donors (Lipinski definition) is 2. The predicted octanol–water partition coefficient (Wildman–Crippen LogP) is 2.01. The van der Waals surface area contributed by atoms with E-state index in [-0.39, 0.29) is 12.6 Å². The fourth-order valence-electron chi connectivity index (χ4n) is 1.79. The summed E-state index contributed by atoms with van der Waals surface area (Å²) in [5.74, 6) is 0. The molecular weight excluding hydrogens is 245 g/mol. The maximum Gasteiger partial charge on any atom is 0.401 e. The first kappa shape index (κ1) is 17.7. The van der Waals surface area contributed by atoms with Gasteiger partial charge in [0.05, 0.1) is 13.2 Å². The van der Waals surface area contributed by atoms with E-state index in [0.717, 1.165) is 0 Å². The van der Waals surface area contributed by atoms with Crippen LogP contribution in [-0.2, 0) is 0 Å². The van der Waals surface area contributed by atoms with Gasteiger partial charge >= 0.3 is 6.18 Å². The highest BCUT2D eigenvalue weighted by molar-refractivity contribution is 4.83.